The molecule has 4 heterocycles. The number of hydrogen-bond acceptors (Lipinski definition) is 10. The summed E-state index contributed by atoms with van der Waals surface area (Å²) < 4.78 is 47.4. The molecule has 3 aliphatic heterocycles. The second-order valence-electron chi connectivity index (χ2n) is 15.4. The highest BCUT2D eigenvalue weighted by molar-refractivity contribution is 7.81. The third-order valence-electron chi connectivity index (χ3n) is 11.8. The summed E-state index contributed by atoms with van der Waals surface area (Å²) in [6, 6.07) is 12.5. The molecule has 1 spiro atoms. The third-order valence-corrected chi connectivity index (χ3v) is 12.1. The van der Waals surface area contributed by atoms with Crippen LogP contribution in [0.1, 0.15) is 69.4 Å². The second kappa shape index (κ2) is 17.0. The summed E-state index contributed by atoms with van der Waals surface area (Å²) in [4.78, 5) is 59.8. The quantitative estimate of drug-likeness (QED) is 0.0883. The summed E-state index contributed by atoms with van der Waals surface area (Å²) in [6.45, 7) is 7.83. The van der Waals surface area contributed by atoms with Crippen LogP contribution in [0.5, 0.6) is 5.75 Å². The van der Waals surface area contributed by atoms with Crippen LogP contribution in [0.2, 0.25) is 0 Å². The molecule has 17 heteroatoms. The lowest BCUT2D eigenvalue weighted by atomic mass is 9.75. The SMILES string of the molecule is C=C[C@H](C(=O)Nc1cccc(NC2CCC(=O)NC2=O)c1)N1CCC(CCOc2ccc(N3C(=S)N(c4cnc(N)c(C(F)(F)F)c4)C(=O)C34CCC4)cc2CC)CC1. The summed E-state index contributed by atoms with van der Waals surface area (Å²) in [5, 5.41) is 8.54. The van der Waals surface area contributed by atoms with Crippen LogP contribution in [-0.2, 0) is 31.8 Å². The molecule has 0 bridgehead atoms. The molecule has 4 aliphatic rings. The van der Waals surface area contributed by atoms with Crippen molar-refractivity contribution in [2.75, 3.05) is 45.9 Å². The van der Waals surface area contributed by atoms with Crippen LogP contribution in [0.15, 0.2) is 67.4 Å². The number of benzene rings is 2. The van der Waals surface area contributed by atoms with E-state index in [4.69, 9.17) is 22.7 Å². The van der Waals surface area contributed by atoms with Gasteiger partial charge in [-0.25, -0.2) is 4.98 Å². The monoisotopic (exact) mass is 832 g/mol. The van der Waals surface area contributed by atoms with Gasteiger partial charge in [0.15, 0.2) is 5.11 Å². The molecule has 2 aromatic carbocycles. The maximum atomic E-state index is 13.9. The van der Waals surface area contributed by atoms with Gasteiger partial charge in [0.05, 0.1) is 24.1 Å². The molecule has 59 heavy (non-hydrogen) atoms. The number of alkyl halides is 3. The van der Waals surface area contributed by atoms with Gasteiger partial charge in [0.1, 0.15) is 29.2 Å². The number of pyridine rings is 1. The molecule has 3 saturated heterocycles. The molecule has 3 aromatic rings. The Kier molecular flexibility index (Phi) is 12.0. The number of carbonyl (C=O) groups excluding carboxylic acids is 4. The van der Waals surface area contributed by atoms with Crippen molar-refractivity contribution >= 4 is 69.5 Å². The Morgan fingerprint density at radius 1 is 1.10 bits per heavy atom. The molecule has 1 aromatic heterocycles. The fraction of sp³-hybridized carbons (Fsp3) is 0.429. The van der Waals surface area contributed by atoms with Gasteiger partial charge in [-0.15, -0.1) is 6.58 Å². The average Bonchev–Trinajstić information content (AvgIpc) is 3.43. The zero-order valence-electron chi connectivity index (χ0n) is 32.6. The van der Waals surface area contributed by atoms with Crippen LogP contribution in [0.25, 0.3) is 0 Å². The number of thiocarbonyl (C=S) groups is 1. The maximum absolute atomic E-state index is 13.9. The Morgan fingerprint density at radius 3 is 2.51 bits per heavy atom. The van der Waals surface area contributed by atoms with Gasteiger partial charge in [-0.3, -0.25) is 34.3 Å². The van der Waals surface area contributed by atoms with Crippen LogP contribution < -0.4 is 36.2 Å². The molecule has 1 aliphatic carbocycles. The maximum Gasteiger partial charge on any atom is 0.420 e. The van der Waals surface area contributed by atoms with E-state index in [0.717, 1.165) is 48.4 Å². The zero-order valence-corrected chi connectivity index (χ0v) is 33.5. The van der Waals surface area contributed by atoms with E-state index in [1.54, 1.807) is 35.2 Å². The topological polar surface area (TPSA) is 162 Å². The Labute approximate surface area is 345 Å². The van der Waals surface area contributed by atoms with Gasteiger partial charge in [0.2, 0.25) is 17.7 Å². The molecule has 5 N–H and O–H groups in total. The zero-order chi connectivity index (χ0) is 42.1. The van der Waals surface area contributed by atoms with Crippen molar-refractivity contribution in [3.8, 4) is 5.75 Å². The molecule has 4 amide bonds. The molecule has 312 valence electrons. The number of aryl methyl sites for hydroxylation is 1. The molecule has 2 atom stereocenters. The Morgan fingerprint density at radius 2 is 1.85 bits per heavy atom. The summed E-state index contributed by atoms with van der Waals surface area (Å²) in [6.07, 6.45) is 3.68. The number of hydrogen-bond donors (Lipinski definition) is 4. The van der Waals surface area contributed by atoms with Crippen molar-refractivity contribution in [3.63, 3.8) is 0 Å². The first-order valence-electron chi connectivity index (χ1n) is 19.9. The van der Waals surface area contributed by atoms with E-state index in [9.17, 15) is 32.3 Å². The van der Waals surface area contributed by atoms with E-state index in [0.29, 0.717) is 74.1 Å². The van der Waals surface area contributed by atoms with Crippen LogP contribution in [-0.4, -0.2) is 75.9 Å². The minimum atomic E-state index is -4.75. The van der Waals surface area contributed by atoms with Crippen LogP contribution in [0.3, 0.4) is 0 Å². The van der Waals surface area contributed by atoms with Gasteiger partial charge in [0.25, 0.3) is 5.91 Å². The second-order valence-corrected chi connectivity index (χ2v) is 15.8. The minimum absolute atomic E-state index is 0.0797. The van der Waals surface area contributed by atoms with Crippen molar-refractivity contribution in [2.45, 2.75) is 88.5 Å². The Hall–Kier alpha value is -5.55. The third kappa shape index (κ3) is 8.48. The highest BCUT2D eigenvalue weighted by Crippen LogP contribution is 2.49. The summed E-state index contributed by atoms with van der Waals surface area (Å²) in [7, 11) is 0. The number of nitrogens with zero attached hydrogens (tertiary/aromatic N) is 4. The highest BCUT2D eigenvalue weighted by Gasteiger charge is 2.60. The summed E-state index contributed by atoms with van der Waals surface area (Å²) >= 11 is 5.79. The molecule has 1 saturated carbocycles. The molecule has 0 radical (unpaired) electrons. The predicted molar refractivity (Wildman–Crippen MR) is 222 cm³/mol. The van der Waals surface area contributed by atoms with E-state index in [1.807, 2.05) is 25.1 Å². The van der Waals surface area contributed by atoms with Gasteiger partial charge >= 0.3 is 6.18 Å². The Balaban J connectivity index is 0.928. The highest BCUT2D eigenvalue weighted by atomic mass is 32.1. The fourth-order valence-electron chi connectivity index (χ4n) is 8.36. The first kappa shape index (κ1) is 41.6. The molecule has 1 unspecified atom stereocenters. The number of likely N-dealkylation sites (tertiary alicyclic amines) is 1. The van der Waals surface area contributed by atoms with E-state index in [-0.39, 0.29) is 40.8 Å². The molecule has 13 nitrogen and oxygen atoms in total. The lowest BCUT2D eigenvalue weighted by molar-refractivity contribution is -0.137. The van der Waals surface area contributed by atoms with Crippen molar-refractivity contribution in [1.29, 1.82) is 0 Å². The fourth-order valence-corrected chi connectivity index (χ4v) is 8.82. The minimum Gasteiger partial charge on any atom is -0.493 e. The molecular weight excluding hydrogens is 786 g/mol. The number of carbonyl (C=O) groups is 4. The predicted octanol–water partition coefficient (Wildman–Crippen LogP) is 6.20. The van der Waals surface area contributed by atoms with Crippen LogP contribution in [0.4, 0.5) is 41.7 Å². The van der Waals surface area contributed by atoms with Crippen molar-refractivity contribution < 1.29 is 37.1 Å². The van der Waals surface area contributed by atoms with Crippen LogP contribution in [0, 0.1) is 5.92 Å². The van der Waals surface area contributed by atoms with Gasteiger partial charge in [-0.2, -0.15) is 13.2 Å². The summed E-state index contributed by atoms with van der Waals surface area (Å²) in [5.41, 5.74) is 6.14. The largest absolute Gasteiger partial charge is 0.493 e. The van der Waals surface area contributed by atoms with Gasteiger partial charge in [0, 0.05) is 23.5 Å². The first-order valence-corrected chi connectivity index (χ1v) is 20.3. The lowest BCUT2D eigenvalue weighted by Crippen LogP contribution is -2.55. The van der Waals surface area contributed by atoms with Crippen molar-refractivity contribution in [3.05, 3.63) is 78.5 Å². The molecular formula is C42H47F3N8O5S. The average molecular weight is 833 g/mol. The van der Waals surface area contributed by atoms with E-state index in [2.05, 4.69) is 32.4 Å². The van der Waals surface area contributed by atoms with E-state index >= 15 is 0 Å². The summed E-state index contributed by atoms with van der Waals surface area (Å²) in [5.74, 6) is -0.825. The standard InChI is InChI=1S/C42H47F3N8O5S/c1-3-26-21-29(53-40(59)52(39(57)41(53)16-6-17-41)30-23-31(42(43,44)45)36(46)47-24-30)9-11-34(26)58-20-15-25-13-18-51(19-14-25)33(4-2)38(56)49-28-8-5-7-27(22-28)48-32-10-12-35(54)50-37(32)55/h4-5,7-9,11,21-25,32-33,48H,2-3,6,10,12-20H2,1H3,(H2,46,47)(H,49,56)(H,50,54,55)/t32?,33-/m1/s1. The molecule has 4 fully saturated rings. The van der Waals surface area contributed by atoms with E-state index in [1.165, 1.54) is 0 Å². The number of piperidine rings is 2. The number of imide groups is 1. The Bertz CT molecular complexity index is 2160. The van der Waals surface area contributed by atoms with Gasteiger partial charge in [-0.1, -0.05) is 19.1 Å². The number of anilines is 5. The van der Waals surface area contributed by atoms with Crippen molar-refractivity contribution in [1.82, 2.24) is 15.2 Å². The number of ether oxygens (including phenoxy) is 1. The number of nitrogens with two attached hydrogens (primary N) is 1. The lowest BCUT2D eigenvalue weighted by Gasteiger charge is -2.43. The number of rotatable bonds is 13. The molecule has 7 rings (SSSR count). The van der Waals surface area contributed by atoms with Gasteiger partial charge in [-0.05, 0) is 131 Å². The first-order chi connectivity index (χ1) is 28.2. The normalized spacial score (nSPS) is 20.3. The van der Waals surface area contributed by atoms with Gasteiger partial charge < -0.3 is 26.0 Å². The number of halogens is 3. The van der Waals surface area contributed by atoms with Crippen molar-refractivity contribution in [2.24, 2.45) is 5.92 Å². The number of nitrogens with one attached hydrogen (secondary N) is 3. The number of aromatic nitrogens is 1. The van der Waals surface area contributed by atoms with E-state index < -0.39 is 35.2 Å². The smallest absolute Gasteiger partial charge is 0.420 e. The number of amides is 4. The number of nitrogen functional groups attached to an aromatic ring is 1. The van der Waals surface area contributed by atoms with Crippen LogP contribution >= 0.6 is 12.2 Å².